The third-order valence-electron chi connectivity index (χ3n) is 3.69. The minimum absolute atomic E-state index is 0.0835. The maximum atomic E-state index is 13.9. The summed E-state index contributed by atoms with van der Waals surface area (Å²) in [7, 11) is 0. The predicted molar refractivity (Wildman–Crippen MR) is 83.2 cm³/mol. The number of rotatable bonds is 4. The van der Waals surface area contributed by atoms with Crippen molar-refractivity contribution in [3.63, 3.8) is 0 Å². The normalized spacial score (nSPS) is 18.8. The number of piperazine rings is 1. The number of aromatic nitrogens is 1. The number of oxime groups is 1. The maximum absolute atomic E-state index is 13.9. The van der Waals surface area contributed by atoms with Gasteiger partial charge in [-0.25, -0.2) is 9.37 Å². The molecular formula is C13H19BrFN5O. The second-order valence-electron chi connectivity index (χ2n) is 4.93. The molecule has 0 amide bonds. The first-order valence-corrected chi connectivity index (χ1v) is 7.63. The highest BCUT2D eigenvalue weighted by atomic mass is 79.9. The van der Waals surface area contributed by atoms with Gasteiger partial charge in [0.2, 0.25) is 0 Å². The van der Waals surface area contributed by atoms with E-state index >= 15 is 0 Å². The molecule has 0 spiro atoms. The highest BCUT2D eigenvalue weighted by Crippen LogP contribution is 2.22. The van der Waals surface area contributed by atoms with Crippen LogP contribution in [-0.4, -0.2) is 53.1 Å². The predicted octanol–water partition coefficient (Wildman–Crippen LogP) is 1.63. The molecule has 0 aliphatic carbocycles. The van der Waals surface area contributed by atoms with Gasteiger partial charge in [0.05, 0.1) is 6.04 Å². The summed E-state index contributed by atoms with van der Waals surface area (Å²) in [6.07, 6.45) is 2.36. The van der Waals surface area contributed by atoms with Crippen molar-refractivity contribution in [3.8, 4) is 0 Å². The van der Waals surface area contributed by atoms with Crippen LogP contribution >= 0.6 is 15.9 Å². The molecule has 116 valence electrons. The Morgan fingerprint density at radius 3 is 2.71 bits per heavy atom. The summed E-state index contributed by atoms with van der Waals surface area (Å²) in [5.41, 5.74) is 5.71. The monoisotopic (exact) mass is 359 g/mol. The van der Waals surface area contributed by atoms with Gasteiger partial charge in [0, 0.05) is 36.8 Å². The second-order valence-corrected chi connectivity index (χ2v) is 5.85. The van der Waals surface area contributed by atoms with Crippen molar-refractivity contribution in [1.82, 2.24) is 9.88 Å². The summed E-state index contributed by atoms with van der Waals surface area (Å²) in [4.78, 5) is 8.20. The molecule has 1 aliphatic heterocycles. The van der Waals surface area contributed by atoms with E-state index in [0.717, 1.165) is 6.42 Å². The molecule has 3 N–H and O–H groups in total. The van der Waals surface area contributed by atoms with Crippen LogP contribution in [0.3, 0.4) is 0 Å². The largest absolute Gasteiger partial charge is 0.409 e. The Morgan fingerprint density at radius 2 is 2.19 bits per heavy atom. The zero-order chi connectivity index (χ0) is 15.4. The van der Waals surface area contributed by atoms with E-state index in [9.17, 15) is 4.39 Å². The van der Waals surface area contributed by atoms with Crippen molar-refractivity contribution >= 4 is 27.6 Å². The van der Waals surface area contributed by atoms with Crippen LogP contribution in [0, 0.1) is 5.82 Å². The first-order chi connectivity index (χ1) is 10.1. The first kappa shape index (κ1) is 16.0. The van der Waals surface area contributed by atoms with Crippen molar-refractivity contribution in [3.05, 3.63) is 22.6 Å². The number of pyridine rings is 1. The quantitative estimate of drug-likeness (QED) is 0.369. The lowest BCUT2D eigenvalue weighted by Crippen LogP contribution is -2.54. The Balaban J connectivity index is 2.03. The van der Waals surface area contributed by atoms with Crippen molar-refractivity contribution in [2.75, 3.05) is 31.1 Å². The number of nitrogens with two attached hydrogens (primary N) is 1. The fraction of sp³-hybridized carbons (Fsp3) is 0.538. The lowest BCUT2D eigenvalue weighted by molar-refractivity contribution is 0.215. The summed E-state index contributed by atoms with van der Waals surface area (Å²) in [5.74, 6) is 0.259. The average molecular weight is 360 g/mol. The summed E-state index contributed by atoms with van der Waals surface area (Å²) in [6, 6.07) is 1.33. The molecule has 0 radical (unpaired) electrons. The second kappa shape index (κ2) is 7.04. The van der Waals surface area contributed by atoms with Crippen LogP contribution in [0.2, 0.25) is 0 Å². The van der Waals surface area contributed by atoms with E-state index in [1.807, 2.05) is 11.8 Å². The molecule has 2 heterocycles. The van der Waals surface area contributed by atoms with E-state index in [0.29, 0.717) is 36.5 Å². The van der Waals surface area contributed by atoms with Gasteiger partial charge in [-0.05, 0) is 28.4 Å². The number of amidine groups is 1. The van der Waals surface area contributed by atoms with Crippen LogP contribution in [-0.2, 0) is 0 Å². The summed E-state index contributed by atoms with van der Waals surface area (Å²) in [6.45, 7) is 4.73. The molecule has 21 heavy (non-hydrogen) atoms. The van der Waals surface area contributed by atoms with E-state index in [2.05, 4.69) is 31.0 Å². The van der Waals surface area contributed by atoms with Crippen molar-refractivity contribution in [2.45, 2.75) is 19.4 Å². The van der Waals surface area contributed by atoms with E-state index < -0.39 is 0 Å². The number of anilines is 1. The molecule has 1 unspecified atom stereocenters. The van der Waals surface area contributed by atoms with E-state index in [4.69, 9.17) is 10.9 Å². The standard InChI is InChI=1S/C13H19BrFN5O/c1-2-11(12(16)18-21)19-3-5-20(6-4-19)13-10(15)7-9(14)8-17-13/h7-8,11,21H,2-6H2,1H3,(H2,16,18). The van der Waals surface area contributed by atoms with Crippen LogP contribution in [0.1, 0.15) is 13.3 Å². The van der Waals surface area contributed by atoms with Crippen molar-refractivity contribution < 1.29 is 9.60 Å². The van der Waals surface area contributed by atoms with Gasteiger partial charge in [-0.3, -0.25) is 4.90 Å². The molecule has 0 bridgehead atoms. The molecule has 1 aromatic heterocycles. The van der Waals surface area contributed by atoms with E-state index in [1.54, 1.807) is 6.20 Å². The fourth-order valence-electron chi connectivity index (χ4n) is 2.61. The van der Waals surface area contributed by atoms with Gasteiger partial charge in [-0.1, -0.05) is 12.1 Å². The van der Waals surface area contributed by atoms with Crippen LogP contribution in [0.5, 0.6) is 0 Å². The Labute approximate surface area is 131 Å². The van der Waals surface area contributed by atoms with Gasteiger partial charge in [0.25, 0.3) is 0 Å². The number of hydrogen-bond acceptors (Lipinski definition) is 5. The van der Waals surface area contributed by atoms with Gasteiger partial charge in [0.15, 0.2) is 17.5 Å². The third kappa shape index (κ3) is 3.62. The van der Waals surface area contributed by atoms with Gasteiger partial charge >= 0.3 is 0 Å². The lowest BCUT2D eigenvalue weighted by Gasteiger charge is -2.39. The number of nitrogens with zero attached hydrogens (tertiary/aromatic N) is 4. The summed E-state index contributed by atoms with van der Waals surface area (Å²) < 4.78 is 14.5. The minimum Gasteiger partial charge on any atom is -0.409 e. The van der Waals surface area contributed by atoms with Crippen LogP contribution in [0.15, 0.2) is 21.9 Å². The fourth-order valence-corrected chi connectivity index (χ4v) is 2.91. The van der Waals surface area contributed by atoms with E-state index in [1.165, 1.54) is 6.07 Å². The Bertz CT molecular complexity index is 519. The molecule has 1 fully saturated rings. The molecule has 2 rings (SSSR count). The Hall–Kier alpha value is -1.41. The third-order valence-corrected chi connectivity index (χ3v) is 4.12. The SMILES string of the molecule is CCC(C(N)=NO)N1CCN(c2ncc(Br)cc2F)CC1. The summed E-state index contributed by atoms with van der Waals surface area (Å²) in [5, 5.41) is 11.9. The van der Waals surface area contributed by atoms with Crippen LogP contribution in [0.25, 0.3) is 0 Å². The highest BCUT2D eigenvalue weighted by Gasteiger charge is 2.27. The molecule has 8 heteroatoms. The molecule has 1 aromatic rings. The molecule has 1 saturated heterocycles. The average Bonchev–Trinajstić information content (AvgIpc) is 2.49. The smallest absolute Gasteiger partial charge is 0.166 e. The van der Waals surface area contributed by atoms with Gasteiger partial charge in [0.1, 0.15) is 0 Å². The minimum atomic E-state index is -0.332. The zero-order valence-corrected chi connectivity index (χ0v) is 13.4. The number of hydrogen-bond donors (Lipinski definition) is 2. The zero-order valence-electron chi connectivity index (χ0n) is 11.8. The number of halogens is 2. The Kier molecular flexibility index (Phi) is 5.35. The topological polar surface area (TPSA) is 78.0 Å². The maximum Gasteiger partial charge on any atom is 0.166 e. The molecule has 1 aliphatic rings. The molecule has 1 atom stereocenters. The highest BCUT2D eigenvalue weighted by molar-refractivity contribution is 9.10. The molecular weight excluding hydrogens is 341 g/mol. The van der Waals surface area contributed by atoms with Crippen LogP contribution < -0.4 is 10.6 Å². The molecule has 0 saturated carbocycles. The van der Waals surface area contributed by atoms with Gasteiger partial charge in [-0.2, -0.15) is 0 Å². The van der Waals surface area contributed by atoms with E-state index in [-0.39, 0.29) is 17.7 Å². The van der Waals surface area contributed by atoms with Crippen molar-refractivity contribution in [1.29, 1.82) is 0 Å². The summed E-state index contributed by atoms with van der Waals surface area (Å²) >= 11 is 3.20. The van der Waals surface area contributed by atoms with Crippen LogP contribution in [0.4, 0.5) is 10.2 Å². The lowest BCUT2D eigenvalue weighted by atomic mass is 10.1. The van der Waals surface area contributed by atoms with Gasteiger partial charge < -0.3 is 15.8 Å². The molecule has 6 nitrogen and oxygen atoms in total. The molecule has 0 aromatic carbocycles. The first-order valence-electron chi connectivity index (χ1n) is 6.84. The Morgan fingerprint density at radius 1 is 1.52 bits per heavy atom. The van der Waals surface area contributed by atoms with Gasteiger partial charge in [-0.15, -0.1) is 0 Å². The van der Waals surface area contributed by atoms with Crippen molar-refractivity contribution in [2.24, 2.45) is 10.9 Å².